The Labute approximate surface area is 81.3 Å². The molecule has 68 valence electrons. The Morgan fingerprint density at radius 1 is 1.62 bits per heavy atom. The van der Waals surface area contributed by atoms with E-state index in [0.717, 1.165) is 6.42 Å². The first-order chi connectivity index (χ1) is 6.33. The van der Waals surface area contributed by atoms with Crippen molar-refractivity contribution in [2.45, 2.75) is 13.3 Å². The Morgan fingerprint density at radius 3 is 3.08 bits per heavy atom. The molecule has 0 fully saturated rings. The topological polar surface area (TPSA) is 48.8 Å². The molecule has 13 heavy (non-hydrogen) atoms. The Balaban J connectivity index is 2.36. The first-order valence-electron chi connectivity index (χ1n) is 4.07. The number of azide groups is 1. The van der Waals surface area contributed by atoms with Crippen LogP contribution >= 0.6 is 11.3 Å². The number of aryl methyl sites for hydroxylation is 1. The Morgan fingerprint density at radius 2 is 2.46 bits per heavy atom. The van der Waals surface area contributed by atoms with Crippen molar-refractivity contribution in [3.8, 4) is 0 Å². The van der Waals surface area contributed by atoms with Crippen LogP contribution in [0.15, 0.2) is 23.3 Å². The number of hydrogen-bond acceptors (Lipinski definition) is 2. The van der Waals surface area contributed by atoms with Gasteiger partial charge in [-0.25, -0.2) is 0 Å². The maximum Gasteiger partial charge on any atom is 0.0292 e. The molecule has 0 aromatic carbocycles. The maximum absolute atomic E-state index is 8.02. The molecule has 0 aliphatic carbocycles. The summed E-state index contributed by atoms with van der Waals surface area (Å²) < 4.78 is 0. The number of thiophene rings is 1. The summed E-state index contributed by atoms with van der Waals surface area (Å²) in [7, 11) is 0. The van der Waals surface area contributed by atoms with E-state index in [4.69, 9.17) is 5.53 Å². The van der Waals surface area contributed by atoms with Crippen LogP contribution < -0.4 is 0 Å². The van der Waals surface area contributed by atoms with E-state index < -0.39 is 0 Å². The van der Waals surface area contributed by atoms with Crippen molar-refractivity contribution in [2.75, 3.05) is 6.54 Å². The number of nitrogens with zero attached hydrogens (tertiary/aromatic N) is 3. The Bertz CT molecular complexity index is 334. The van der Waals surface area contributed by atoms with E-state index in [1.54, 1.807) is 11.3 Å². The van der Waals surface area contributed by atoms with Gasteiger partial charge in [0.2, 0.25) is 0 Å². The van der Waals surface area contributed by atoms with Crippen LogP contribution in [0, 0.1) is 6.92 Å². The summed E-state index contributed by atoms with van der Waals surface area (Å²) in [6.07, 6.45) is 4.89. The van der Waals surface area contributed by atoms with Crippen molar-refractivity contribution >= 4 is 17.4 Å². The lowest BCUT2D eigenvalue weighted by atomic mass is 10.3. The van der Waals surface area contributed by atoms with Gasteiger partial charge in [0.15, 0.2) is 0 Å². The van der Waals surface area contributed by atoms with Crippen molar-refractivity contribution in [3.63, 3.8) is 0 Å². The zero-order valence-electron chi connectivity index (χ0n) is 7.47. The lowest BCUT2D eigenvalue weighted by Crippen LogP contribution is -1.71. The van der Waals surface area contributed by atoms with Crippen LogP contribution in [0.5, 0.6) is 0 Å². The summed E-state index contributed by atoms with van der Waals surface area (Å²) in [5.74, 6) is 0. The van der Waals surface area contributed by atoms with Gasteiger partial charge in [0.1, 0.15) is 0 Å². The van der Waals surface area contributed by atoms with Gasteiger partial charge >= 0.3 is 0 Å². The molecule has 4 heteroatoms. The van der Waals surface area contributed by atoms with Crippen molar-refractivity contribution in [3.05, 3.63) is 38.4 Å². The van der Waals surface area contributed by atoms with E-state index in [-0.39, 0.29) is 0 Å². The van der Waals surface area contributed by atoms with E-state index in [9.17, 15) is 0 Å². The molecule has 0 unspecified atom stereocenters. The molecule has 1 heterocycles. The van der Waals surface area contributed by atoms with Gasteiger partial charge in [-0.05, 0) is 37.1 Å². The highest BCUT2D eigenvalue weighted by atomic mass is 32.1. The molecule has 0 N–H and O–H groups in total. The molecular formula is C9H11N3S. The number of hydrogen-bond donors (Lipinski definition) is 0. The molecule has 1 rings (SSSR count). The maximum atomic E-state index is 8.02. The number of rotatable bonds is 4. The lowest BCUT2D eigenvalue weighted by molar-refractivity contribution is 0.996. The zero-order chi connectivity index (χ0) is 9.52. The average Bonchev–Trinajstić information content (AvgIpc) is 2.51. The van der Waals surface area contributed by atoms with E-state index >= 15 is 0 Å². The monoisotopic (exact) mass is 193 g/mol. The predicted octanol–water partition coefficient (Wildman–Crippen LogP) is 3.77. The van der Waals surface area contributed by atoms with Crippen LogP contribution in [0.4, 0.5) is 0 Å². The predicted molar refractivity (Wildman–Crippen MR) is 56.7 cm³/mol. The second-order valence-electron chi connectivity index (χ2n) is 2.59. The highest BCUT2D eigenvalue weighted by molar-refractivity contribution is 7.12. The molecule has 0 bridgehead atoms. The normalized spacial score (nSPS) is 10.2. The van der Waals surface area contributed by atoms with E-state index in [2.05, 4.69) is 35.2 Å². The van der Waals surface area contributed by atoms with Gasteiger partial charge in [-0.15, -0.1) is 11.3 Å². The minimum absolute atomic E-state index is 0.539. The summed E-state index contributed by atoms with van der Waals surface area (Å²) in [5, 5.41) is 3.44. The summed E-state index contributed by atoms with van der Waals surface area (Å²) in [6.45, 7) is 2.62. The largest absolute Gasteiger partial charge is 0.141 e. The van der Waals surface area contributed by atoms with Gasteiger partial charge < -0.3 is 0 Å². The summed E-state index contributed by atoms with van der Waals surface area (Å²) >= 11 is 1.76. The average molecular weight is 193 g/mol. The summed E-state index contributed by atoms with van der Waals surface area (Å²) in [4.78, 5) is 5.24. The standard InChI is InChI=1S/C9H11N3S/c1-8-5-6-9(13-8)4-2-3-7-11-12-10/h2,4-6H,3,7H2,1H3. The first kappa shape index (κ1) is 9.84. The molecular weight excluding hydrogens is 182 g/mol. The SMILES string of the molecule is Cc1ccc(C=CCCN=[N+]=[N-])s1. The highest BCUT2D eigenvalue weighted by Crippen LogP contribution is 2.16. The molecule has 0 aliphatic rings. The third-order valence-electron chi connectivity index (χ3n) is 1.50. The smallest absolute Gasteiger partial charge is 0.0292 e. The van der Waals surface area contributed by atoms with Crippen LogP contribution in [0.3, 0.4) is 0 Å². The van der Waals surface area contributed by atoms with Gasteiger partial charge in [0.05, 0.1) is 0 Å². The minimum atomic E-state index is 0.539. The molecule has 1 aromatic rings. The van der Waals surface area contributed by atoms with Crippen LogP contribution in [0.25, 0.3) is 16.5 Å². The molecule has 3 nitrogen and oxygen atoms in total. The fourth-order valence-corrected chi connectivity index (χ4v) is 1.73. The Hall–Kier alpha value is -1.25. The van der Waals surface area contributed by atoms with E-state index in [1.165, 1.54) is 9.75 Å². The van der Waals surface area contributed by atoms with Crippen molar-refractivity contribution in [2.24, 2.45) is 5.11 Å². The highest BCUT2D eigenvalue weighted by Gasteiger charge is 1.89. The zero-order valence-corrected chi connectivity index (χ0v) is 8.29. The van der Waals surface area contributed by atoms with Gasteiger partial charge in [0.25, 0.3) is 0 Å². The molecule has 0 atom stereocenters. The van der Waals surface area contributed by atoms with Gasteiger partial charge in [-0.1, -0.05) is 11.2 Å². The molecule has 0 radical (unpaired) electrons. The molecule has 0 spiro atoms. The summed E-state index contributed by atoms with van der Waals surface area (Å²) in [6, 6.07) is 4.18. The minimum Gasteiger partial charge on any atom is -0.141 e. The van der Waals surface area contributed by atoms with Gasteiger partial charge in [-0.3, -0.25) is 0 Å². The molecule has 0 saturated carbocycles. The summed E-state index contributed by atoms with van der Waals surface area (Å²) in [5.41, 5.74) is 8.02. The third kappa shape index (κ3) is 3.78. The molecule has 0 aliphatic heterocycles. The van der Waals surface area contributed by atoms with Gasteiger partial charge in [0, 0.05) is 21.2 Å². The second-order valence-corrected chi connectivity index (χ2v) is 3.91. The van der Waals surface area contributed by atoms with Gasteiger partial charge in [-0.2, -0.15) is 0 Å². The molecule has 0 saturated heterocycles. The van der Waals surface area contributed by atoms with E-state index in [0.29, 0.717) is 6.54 Å². The molecule has 0 amide bonds. The molecule has 1 aromatic heterocycles. The van der Waals surface area contributed by atoms with Crippen LogP contribution in [-0.4, -0.2) is 6.54 Å². The van der Waals surface area contributed by atoms with Crippen molar-refractivity contribution in [1.29, 1.82) is 0 Å². The third-order valence-corrected chi connectivity index (χ3v) is 2.47. The fourth-order valence-electron chi connectivity index (χ4n) is 0.919. The fraction of sp³-hybridized carbons (Fsp3) is 0.333. The quantitative estimate of drug-likeness (QED) is 0.302. The second kappa shape index (κ2) is 5.41. The van der Waals surface area contributed by atoms with Crippen molar-refractivity contribution < 1.29 is 0 Å². The van der Waals surface area contributed by atoms with E-state index in [1.807, 2.05) is 6.08 Å². The van der Waals surface area contributed by atoms with Crippen LogP contribution in [-0.2, 0) is 0 Å². The van der Waals surface area contributed by atoms with Crippen LogP contribution in [0.1, 0.15) is 16.2 Å². The lowest BCUT2D eigenvalue weighted by Gasteiger charge is -1.84. The van der Waals surface area contributed by atoms with Crippen LogP contribution in [0.2, 0.25) is 0 Å². The first-order valence-corrected chi connectivity index (χ1v) is 4.88. The van der Waals surface area contributed by atoms with Crippen molar-refractivity contribution in [1.82, 2.24) is 0 Å². The Kier molecular flexibility index (Phi) is 4.09.